The summed E-state index contributed by atoms with van der Waals surface area (Å²) < 4.78 is 56.7. The molecule has 1 fully saturated rings. The molecule has 12 heteroatoms. The first kappa shape index (κ1) is 28.5. The Kier molecular flexibility index (Phi) is 7.69. The van der Waals surface area contributed by atoms with Crippen molar-refractivity contribution in [2.45, 2.75) is 64.2 Å². The maximum Gasteiger partial charge on any atom is 0.416 e. The third kappa shape index (κ3) is 6.02. The van der Waals surface area contributed by atoms with Gasteiger partial charge >= 0.3 is 6.18 Å². The molecule has 0 unspecified atom stereocenters. The molecule has 0 spiro atoms. The van der Waals surface area contributed by atoms with Crippen molar-refractivity contribution < 1.29 is 22.4 Å². The van der Waals surface area contributed by atoms with E-state index in [2.05, 4.69) is 20.7 Å². The predicted octanol–water partition coefficient (Wildman–Crippen LogP) is 6.06. The zero-order chi connectivity index (χ0) is 29.5. The van der Waals surface area contributed by atoms with E-state index >= 15 is 4.39 Å². The van der Waals surface area contributed by atoms with Gasteiger partial charge in [0.15, 0.2) is 0 Å². The number of anilines is 2. The number of halogens is 4. The number of carbonyl (C=O) groups is 1. The maximum absolute atomic E-state index is 15.1. The fraction of sp³-hybridized carbons (Fsp3) is 0.379. The standard InChI is InChI=1S/C29H31F4N7O/c1-4-16-9-17(10-18-14-35-28(38-27(16)18)37-21-7-5-20(34)6-8-21)25-13-24(39-40(25)3)26-22(30)11-19(29(31,32)33)12-23(26)36-15(2)41/h9-14,20-21H,4-8,34H2,1-3H3,(H,36,41)(H,35,37,38). The number of hydrogen-bond donors (Lipinski definition) is 3. The highest BCUT2D eigenvalue weighted by atomic mass is 19.4. The van der Waals surface area contributed by atoms with Crippen molar-refractivity contribution in [3.63, 3.8) is 0 Å². The fourth-order valence-electron chi connectivity index (χ4n) is 5.33. The van der Waals surface area contributed by atoms with E-state index in [1.165, 1.54) is 4.68 Å². The van der Waals surface area contributed by atoms with Gasteiger partial charge in [-0.2, -0.15) is 18.3 Å². The van der Waals surface area contributed by atoms with Crippen LogP contribution in [0.5, 0.6) is 0 Å². The first-order valence-electron chi connectivity index (χ1n) is 13.5. The molecule has 1 saturated carbocycles. The second kappa shape index (κ2) is 11.1. The Morgan fingerprint density at radius 2 is 1.85 bits per heavy atom. The summed E-state index contributed by atoms with van der Waals surface area (Å²) in [5, 5.41) is 10.9. The summed E-state index contributed by atoms with van der Waals surface area (Å²) in [5.74, 6) is -1.22. The molecule has 4 aromatic rings. The second-order valence-electron chi connectivity index (χ2n) is 10.5. The van der Waals surface area contributed by atoms with Gasteiger partial charge in [0.25, 0.3) is 0 Å². The lowest BCUT2D eigenvalue weighted by Crippen LogP contribution is -2.33. The molecule has 5 rings (SSSR count). The summed E-state index contributed by atoms with van der Waals surface area (Å²) in [7, 11) is 1.66. The Balaban J connectivity index is 1.52. The third-order valence-corrected chi connectivity index (χ3v) is 7.41. The summed E-state index contributed by atoms with van der Waals surface area (Å²) >= 11 is 0. The van der Waals surface area contributed by atoms with Gasteiger partial charge < -0.3 is 16.4 Å². The number of aromatic nitrogens is 4. The van der Waals surface area contributed by atoms with Gasteiger partial charge in [0.1, 0.15) is 5.82 Å². The first-order chi connectivity index (χ1) is 19.4. The van der Waals surface area contributed by atoms with Gasteiger partial charge in [0.05, 0.1) is 33.7 Å². The molecule has 0 saturated heterocycles. The largest absolute Gasteiger partial charge is 0.416 e. The zero-order valence-electron chi connectivity index (χ0n) is 22.9. The molecule has 4 N–H and O–H groups in total. The van der Waals surface area contributed by atoms with Crippen molar-refractivity contribution in [1.29, 1.82) is 0 Å². The summed E-state index contributed by atoms with van der Waals surface area (Å²) in [6.07, 6.45) is 1.51. The van der Waals surface area contributed by atoms with E-state index in [1.54, 1.807) is 19.3 Å². The van der Waals surface area contributed by atoms with E-state index in [-0.39, 0.29) is 29.0 Å². The van der Waals surface area contributed by atoms with Gasteiger partial charge in [-0.3, -0.25) is 9.48 Å². The van der Waals surface area contributed by atoms with Crippen molar-refractivity contribution >= 4 is 28.4 Å². The van der Waals surface area contributed by atoms with E-state index in [1.807, 2.05) is 19.1 Å². The number of rotatable bonds is 6. The van der Waals surface area contributed by atoms with Gasteiger partial charge in [-0.25, -0.2) is 14.4 Å². The van der Waals surface area contributed by atoms with Crippen LogP contribution in [0.4, 0.5) is 29.2 Å². The average Bonchev–Trinajstić information content (AvgIpc) is 3.29. The highest BCUT2D eigenvalue weighted by Crippen LogP contribution is 2.39. The normalized spacial score (nSPS) is 17.6. The minimum absolute atomic E-state index is 0.0821. The molecule has 2 aromatic heterocycles. The quantitative estimate of drug-likeness (QED) is 0.244. The van der Waals surface area contributed by atoms with Crippen LogP contribution in [0, 0.1) is 5.82 Å². The number of nitrogens with two attached hydrogens (primary N) is 1. The fourth-order valence-corrected chi connectivity index (χ4v) is 5.33. The van der Waals surface area contributed by atoms with Crippen LogP contribution in [-0.2, 0) is 24.4 Å². The van der Waals surface area contributed by atoms with E-state index in [4.69, 9.17) is 10.7 Å². The number of carbonyl (C=O) groups excluding carboxylic acids is 1. The van der Waals surface area contributed by atoms with Crippen molar-refractivity contribution in [2.75, 3.05) is 10.6 Å². The van der Waals surface area contributed by atoms with Gasteiger partial charge in [0.2, 0.25) is 11.9 Å². The molecule has 1 aliphatic carbocycles. The van der Waals surface area contributed by atoms with Crippen molar-refractivity contribution in [1.82, 2.24) is 19.7 Å². The second-order valence-corrected chi connectivity index (χ2v) is 10.5. The number of alkyl halides is 3. The monoisotopic (exact) mass is 569 g/mol. The number of hydrogen-bond acceptors (Lipinski definition) is 6. The molecular formula is C29H31F4N7O. The molecule has 8 nitrogen and oxygen atoms in total. The molecular weight excluding hydrogens is 538 g/mol. The molecule has 0 aliphatic heterocycles. The van der Waals surface area contributed by atoms with Crippen LogP contribution in [0.15, 0.2) is 36.5 Å². The van der Waals surface area contributed by atoms with Gasteiger partial charge in [-0.15, -0.1) is 0 Å². The Labute approximate surface area is 234 Å². The molecule has 1 aliphatic rings. The first-order valence-corrected chi connectivity index (χ1v) is 13.5. The molecule has 0 atom stereocenters. The predicted molar refractivity (Wildman–Crippen MR) is 150 cm³/mol. The zero-order valence-corrected chi connectivity index (χ0v) is 22.9. The van der Waals surface area contributed by atoms with Gasteiger partial charge in [0, 0.05) is 43.2 Å². The summed E-state index contributed by atoms with van der Waals surface area (Å²) in [4.78, 5) is 21.1. The number of aryl methyl sites for hydroxylation is 2. The Hall–Kier alpha value is -4.06. The number of nitrogens with one attached hydrogen (secondary N) is 2. The molecule has 1 amide bonds. The maximum atomic E-state index is 15.1. The summed E-state index contributed by atoms with van der Waals surface area (Å²) in [5.41, 5.74) is 7.50. The minimum atomic E-state index is -4.79. The summed E-state index contributed by atoms with van der Waals surface area (Å²) in [6.45, 7) is 3.16. The lowest BCUT2D eigenvalue weighted by atomic mass is 9.92. The lowest BCUT2D eigenvalue weighted by Gasteiger charge is -2.26. The van der Waals surface area contributed by atoms with Crippen LogP contribution in [0.3, 0.4) is 0 Å². The SMILES string of the molecule is CCc1cc(-c2cc(-c3c(F)cc(C(F)(F)F)cc3NC(C)=O)nn2C)cc2cnc(NC3CCC(N)CC3)nc12. The Bertz CT molecular complexity index is 1610. The topological polar surface area (TPSA) is 111 Å². The highest BCUT2D eigenvalue weighted by molar-refractivity contribution is 5.94. The number of benzene rings is 2. The third-order valence-electron chi connectivity index (χ3n) is 7.41. The average molecular weight is 570 g/mol. The van der Waals surface area contributed by atoms with Crippen molar-refractivity contribution in [3.8, 4) is 22.5 Å². The molecule has 0 bridgehead atoms. The number of amides is 1. The van der Waals surface area contributed by atoms with Crippen LogP contribution in [0.25, 0.3) is 33.4 Å². The number of nitrogens with zero attached hydrogens (tertiary/aromatic N) is 4. The van der Waals surface area contributed by atoms with Crippen LogP contribution in [0.2, 0.25) is 0 Å². The molecule has 2 heterocycles. The van der Waals surface area contributed by atoms with E-state index < -0.39 is 23.5 Å². The smallest absolute Gasteiger partial charge is 0.351 e. The molecule has 41 heavy (non-hydrogen) atoms. The van der Waals surface area contributed by atoms with E-state index in [0.29, 0.717) is 30.2 Å². The van der Waals surface area contributed by atoms with Crippen LogP contribution in [0.1, 0.15) is 50.7 Å². The number of fused-ring (bicyclic) bond motifs is 1. The van der Waals surface area contributed by atoms with Crippen molar-refractivity contribution in [3.05, 3.63) is 53.5 Å². The van der Waals surface area contributed by atoms with Gasteiger partial charge in [-0.05, 0) is 68.0 Å². The van der Waals surface area contributed by atoms with E-state index in [9.17, 15) is 18.0 Å². The molecule has 2 aromatic carbocycles. The van der Waals surface area contributed by atoms with Crippen LogP contribution >= 0.6 is 0 Å². The van der Waals surface area contributed by atoms with Crippen molar-refractivity contribution in [2.24, 2.45) is 12.8 Å². The lowest BCUT2D eigenvalue weighted by molar-refractivity contribution is -0.137. The Morgan fingerprint density at radius 1 is 1.12 bits per heavy atom. The summed E-state index contributed by atoms with van der Waals surface area (Å²) in [6, 6.07) is 7.10. The Morgan fingerprint density at radius 3 is 2.51 bits per heavy atom. The van der Waals surface area contributed by atoms with Gasteiger partial charge in [-0.1, -0.05) is 6.92 Å². The molecule has 0 radical (unpaired) electrons. The highest BCUT2D eigenvalue weighted by Gasteiger charge is 2.33. The van der Waals surface area contributed by atoms with E-state index in [0.717, 1.165) is 54.6 Å². The van der Waals surface area contributed by atoms with Crippen LogP contribution < -0.4 is 16.4 Å². The van der Waals surface area contributed by atoms with Crippen LogP contribution in [-0.4, -0.2) is 37.7 Å². The minimum Gasteiger partial charge on any atom is -0.351 e. The molecule has 216 valence electrons.